The van der Waals surface area contributed by atoms with Crippen LogP contribution in [0.5, 0.6) is 0 Å². The molecular weight excluding hydrogens is 326 g/mol. The van der Waals surface area contributed by atoms with E-state index in [1.807, 2.05) is 7.05 Å². The molecule has 24 heavy (non-hydrogen) atoms. The highest BCUT2D eigenvalue weighted by Gasteiger charge is 2.25. The van der Waals surface area contributed by atoms with Gasteiger partial charge >= 0.3 is 0 Å². The Balaban J connectivity index is 2.12. The number of benzene rings is 1. The van der Waals surface area contributed by atoms with E-state index in [2.05, 4.69) is 10.0 Å². The van der Waals surface area contributed by atoms with Crippen molar-refractivity contribution in [1.29, 1.82) is 0 Å². The molecule has 0 saturated carbocycles. The number of nitrogens with one attached hydrogen (secondary N) is 2. The zero-order valence-corrected chi connectivity index (χ0v) is 15.6. The molecule has 134 valence electrons. The summed E-state index contributed by atoms with van der Waals surface area (Å²) in [5.41, 5.74) is -0.0477. The largest absolute Gasteiger partial charge is 0.339 e. The van der Waals surface area contributed by atoms with Crippen LogP contribution in [0.15, 0.2) is 29.2 Å². The minimum atomic E-state index is -3.58. The molecule has 1 amide bonds. The van der Waals surface area contributed by atoms with Gasteiger partial charge in [-0.05, 0) is 71.0 Å². The van der Waals surface area contributed by atoms with Gasteiger partial charge in [-0.25, -0.2) is 13.1 Å². The summed E-state index contributed by atoms with van der Waals surface area (Å²) in [4.78, 5) is 14.5. The van der Waals surface area contributed by atoms with Gasteiger partial charge in [0.1, 0.15) is 0 Å². The van der Waals surface area contributed by atoms with Crippen molar-refractivity contribution < 1.29 is 13.2 Å². The molecule has 1 aliphatic rings. The van der Waals surface area contributed by atoms with Gasteiger partial charge in [0.05, 0.1) is 4.90 Å². The molecular formula is C17H27N3O3S. The Morgan fingerprint density at radius 1 is 1.17 bits per heavy atom. The van der Waals surface area contributed by atoms with Crippen LogP contribution in [0.2, 0.25) is 0 Å². The summed E-state index contributed by atoms with van der Waals surface area (Å²) in [7, 11) is -1.77. The third kappa shape index (κ3) is 4.78. The maximum absolute atomic E-state index is 12.6. The third-order valence-electron chi connectivity index (χ3n) is 4.03. The molecule has 0 aliphatic carbocycles. The molecule has 6 nitrogen and oxygen atoms in total. The van der Waals surface area contributed by atoms with Crippen LogP contribution in [0, 0.1) is 0 Å². The average Bonchev–Trinajstić information content (AvgIpc) is 2.52. The summed E-state index contributed by atoms with van der Waals surface area (Å²) < 4.78 is 27.2. The number of hydrogen-bond donors (Lipinski definition) is 2. The number of hydrogen-bond acceptors (Lipinski definition) is 4. The van der Waals surface area contributed by atoms with Crippen LogP contribution < -0.4 is 10.0 Å². The number of nitrogens with zero attached hydrogens (tertiary/aromatic N) is 1. The predicted octanol–water partition coefficient (Wildman–Crippen LogP) is 1.59. The first-order chi connectivity index (χ1) is 11.1. The standard InChI is InChI=1S/C17H27N3O3S/c1-17(2,3)19-24(22,23)15-7-5-13(6-8-15)16(21)20(4)14-9-11-18-12-10-14/h5-8,14,18-19H,9-12H2,1-4H3. The lowest BCUT2D eigenvalue weighted by atomic mass is 10.0. The zero-order valence-electron chi connectivity index (χ0n) is 14.8. The molecule has 1 saturated heterocycles. The molecule has 0 radical (unpaired) electrons. The first-order valence-electron chi connectivity index (χ1n) is 8.22. The summed E-state index contributed by atoms with van der Waals surface area (Å²) in [5, 5.41) is 3.28. The van der Waals surface area contributed by atoms with E-state index in [-0.39, 0.29) is 16.8 Å². The third-order valence-corrected chi connectivity index (χ3v) is 5.80. The normalized spacial score (nSPS) is 16.8. The fourth-order valence-electron chi connectivity index (χ4n) is 2.80. The van der Waals surface area contributed by atoms with Crippen molar-refractivity contribution in [3.63, 3.8) is 0 Å². The number of sulfonamides is 1. The van der Waals surface area contributed by atoms with Crippen LogP contribution in [0.3, 0.4) is 0 Å². The van der Waals surface area contributed by atoms with E-state index in [9.17, 15) is 13.2 Å². The minimum absolute atomic E-state index is 0.0744. The van der Waals surface area contributed by atoms with Gasteiger partial charge in [0.25, 0.3) is 5.91 Å². The molecule has 1 aromatic carbocycles. The summed E-state index contributed by atoms with van der Waals surface area (Å²) in [6, 6.07) is 6.35. The van der Waals surface area contributed by atoms with Gasteiger partial charge in [-0.3, -0.25) is 4.79 Å². The van der Waals surface area contributed by atoms with E-state index < -0.39 is 15.6 Å². The smallest absolute Gasteiger partial charge is 0.253 e. The molecule has 2 N–H and O–H groups in total. The second-order valence-electron chi connectivity index (χ2n) is 7.28. The van der Waals surface area contributed by atoms with Gasteiger partial charge in [0, 0.05) is 24.2 Å². The first kappa shape index (κ1) is 18.9. The number of amides is 1. The fourth-order valence-corrected chi connectivity index (χ4v) is 4.22. The lowest BCUT2D eigenvalue weighted by Crippen LogP contribution is -2.44. The number of rotatable bonds is 4. The summed E-state index contributed by atoms with van der Waals surface area (Å²) in [6.45, 7) is 7.19. The van der Waals surface area contributed by atoms with E-state index >= 15 is 0 Å². The molecule has 2 rings (SSSR count). The highest BCUT2D eigenvalue weighted by atomic mass is 32.2. The SMILES string of the molecule is CN(C(=O)c1ccc(S(=O)(=O)NC(C)(C)C)cc1)C1CCNCC1. The Bertz CT molecular complexity index is 672. The fraction of sp³-hybridized carbons (Fsp3) is 0.588. The van der Waals surface area contributed by atoms with E-state index in [1.54, 1.807) is 37.8 Å². The number of carbonyl (C=O) groups excluding carboxylic acids is 1. The van der Waals surface area contributed by atoms with Crippen molar-refractivity contribution in [1.82, 2.24) is 14.9 Å². The van der Waals surface area contributed by atoms with Crippen molar-refractivity contribution in [2.75, 3.05) is 20.1 Å². The molecule has 0 bridgehead atoms. The quantitative estimate of drug-likeness (QED) is 0.862. The molecule has 0 spiro atoms. The Labute approximate surface area is 144 Å². The molecule has 7 heteroatoms. The summed E-state index contributed by atoms with van der Waals surface area (Å²) in [6.07, 6.45) is 1.87. The van der Waals surface area contributed by atoms with E-state index in [0.717, 1.165) is 25.9 Å². The van der Waals surface area contributed by atoms with Crippen molar-refractivity contribution in [2.24, 2.45) is 0 Å². The molecule has 1 fully saturated rings. The Kier molecular flexibility index (Phi) is 5.67. The lowest BCUT2D eigenvalue weighted by Gasteiger charge is -2.31. The second-order valence-corrected chi connectivity index (χ2v) is 8.96. The minimum Gasteiger partial charge on any atom is -0.339 e. The molecule has 0 aromatic heterocycles. The number of piperidine rings is 1. The Morgan fingerprint density at radius 3 is 2.21 bits per heavy atom. The van der Waals surface area contributed by atoms with Crippen LogP contribution in [0.25, 0.3) is 0 Å². The first-order valence-corrected chi connectivity index (χ1v) is 9.70. The van der Waals surface area contributed by atoms with Crippen molar-refractivity contribution in [3.8, 4) is 0 Å². The molecule has 1 heterocycles. The van der Waals surface area contributed by atoms with E-state index in [1.165, 1.54) is 12.1 Å². The molecule has 1 aliphatic heterocycles. The van der Waals surface area contributed by atoms with Gasteiger partial charge in [-0.1, -0.05) is 0 Å². The van der Waals surface area contributed by atoms with Gasteiger partial charge in [-0.15, -0.1) is 0 Å². The topological polar surface area (TPSA) is 78.5 Å². The molecule has 0 atom stereocenters. The van der Waals surface area contributed by atoms with Gasteiger partial charge in [-0.2, -0.15) is 0 Å². The number of carbonyl (C=O) groups is 1. The molecule has 1 aromatic rings. The van der Waals surface area contributed by atoms with Crippen LogP contribution in [-0.4, -0.2) is 50.9 Å². The van der Waals surface area contributed by atoms with E-state index in [4.69, 9.17) is 0 Å². The summed E-state index contributed by atoms with van der Waals surface area (Å²) in [5.74, 6) is -0.0744. The predicted molar refractivity (Wildman–Crippen MR) is 94.5 cm³/mol. The van der Waals surface area contributed by atoms with Gasteiger partial charge in [0.2, 0.25) is 10.0 Å². The van der Waals surface area contributed by atoms with Crippen LogP contribution >= 0.6 is 0 Å². The average molecular weight is 353 g/mol. The highest BCUT2D eigenvalue weighted by Crippen LogP contribution is 2.17. The van der Waals surface area contributed by atoms with Crippen molar-refractivity contribution in [2.45, 2.75) is 50.1 Å². The van der Waals surface area contributed by atoms with Gasteiger partial charge in [0.15, 0.2) is 0 Å². The van der Waals surface area contributed by atoms with E-state index in [0.29, 0.717) is 5.56 Å². The lowest BCUT2D eigenvalue weighted by molar-refractivity contribution is 0.0703. The van der Waals surface area contributed by atoms with Crippen LogP contribution in [0.1, 0.15) is 44.0 Å². The molecule has 0 unspecified atom stereocenters. The Morgan fingerprint density at radius 2 is 1.71 bits per heavy atom. The summed E-state index contributed by atoms with van der Waals surface area (Å²) >= 11 is 0. The van der Waals surface area contributed by atoms with Crippen LogP contribution in [-0.2, 0) is 10.0 Å². The zero-order chi connectivity index (χ0) is 18.0. The second kappa shape index (κ2) is 7.21. The van der Waals surface area contributed by atoms with Crippen molar-refractivity contribution in [3.05, 3.63) is 29.8 Å². The van der Waals surface area contributed by atoms with Crippen LogP contribution in [0.4, 0.5) is 0 Å². The Hall–Kier alpha value is -1.44. The maximum atomic E-state index is 12.6. The van der Waals surface area contributed by atoms with Gasteiger partial charge < -0.3 is 10.2 Å². The monoisotopic (exact) mass is 353 g/mol. The van der Waals surface area contributed by atoms with Crippen molar-refractivity contribution >= 4 is 15.9 Å². The maximum Gasteiger partial charge on any atom is 0.253 e. The highest BCUT2D eigenvalue weighted by molar-refractivity contribution is 7.89.